The van der Waals surface area contributed by atoms with Gasteiger partial charge in [0, 0.05) is 32.1 Å². The van der Waals surface area contributed by atoms with Crippen molar-refractivity contribution in [3.63, 3.8) is 0 Å². The second-order valence-electron chi connectivity index (χ2n) is 6.84. The first-order valence-corrected chi connectivity index (χ1v) is 9.70. The second kappa shape index (κ2) is 7.70. The zero-order valence-electron chi connectivity index (χ0n) is 14.6. The predicted molar refractivity (Wildman–Crippen MR) is 102 cm³/mol. The van der Waals surface area contributed by atoms with E-state index in [0.29, 0.717) is 6.54 Å². The van der Waals surface area contributed by atoms with Crippen molar-refractivity contribution < 1.29 is 4.79 Å². The minimum Gasteiger partial charge on any atom is -0.359 e. The van der Waals surface area contributed by atoms with Gasteiger partial charge in [-0.25, -0.2) is 0 Å². The number of anilines is 1. The monoisotopic (exact) mass is 378 g/mol. The number of rotatable bonds is 6. The topological polar surface area (TPSA) is 58.1 Å². The van der Waals surface area contributed by atoms with Crippen LogP contribution in [0.2, 0.25) is 5.02 Å². The molecule has 0 unspecified atom stereocenters. The van der Waals surface area contributed by atoms with Crippen molar-refractivity contribution in [1.82, 2.24) is 15.1 Å². The van der Waals surface area contributed by atoms with Crippen LogP contribution in [0, 0.1) is 5.41 Å². The fraction of sp³-hybridized carbons (Fsp3) is 0.500. The standard InChI is InChI=1S/C18H23ClN4OS/c1-23(2)16(24)18(9-3-4-10-18)12-20-17-22-21-15(25-17)11-13-5-7-14(19)8-6-13/h5-8H,3-4,9-12H2,1-2H3,(H,20,22). The molecule has 0 atom stereocenters. The summed E-state index contributed by atoms with van der Waals surface area (Å²) in [5.41, 5.74) is 0.855. The number of hydrogen-bond acceptors (Lipinski definition) is 5. The molecule has 0 bridgehead atoms. The third kappa shape index (κ3) is 4.30. The lowest BCUT2D eigenvalue weighted by Gasteiger charge is -2.30. The summed E-state index contributed by atoms with van der Waals surface area (Å²) in [6.07, 6.45) is 4.83. The van der Waals surface area contributed by atoms with Gasteiger partial charge in [0.05, 0.1) is 5.41 Å². The first-order valence-electron chi connectivity index (χ1n) is 8.51. The Morgan fingerprint density at radius 1 is 1.24 bits per heavy atom. The highest BCUT2D eigenvalue weighted by atomic mass is 35.5. The molecule has 0 aliphatic heterocycles. The van der Waals surface area contributed by atoms with Crippen LogP contribution in [-0.4, -0.2) is 41.6 Å². The Labute approximate surface area is 157 Å². The highest BCUT2D eigenvalue weighted by Crippen LogP contribution is 2.39. The lowest BCUT2D eigenvalue weighted by Crippen LogP contribution is -2.43. The fourth-order valence-corrected chi connectivity index (χ4v) is 4.31. The maximum Gasteiger partial charge on any atom is 0.230 e. The minimum absolute atomic E-state index is 0.211. The van der Waals surface area contributed by atoms with Crippen molar-refractivity contribution in [1.29, 1.82) is 0 Å². The molecule has 0 spiro atoms. The molecule has 0 saturated heterocycles. The number of halogens is 1. The van der Waals surface area contributed by atoms with E-state index in [4.69, 9.17) is 11.6 Å². The van der Waals surface area contributed by atoms with Crippen LogP contribution in [0.3, 0.4) is 0 Å². The summed E-state index contributed by atoms with van der Waals surface area (Å²) < 4.78 is 0. The van der Waals surface area contributed by atoms with Gasteiger partial charge >= 0.3 is 0 Å². The van der Waals surface area contributed by atoms with Crippen LogP contribution in [0.4, 0.5) is 5.13 Å². The molecule has 0 radical (unpaired) electrons. The zero-order valence-corrected chi connectivity index (χ0v) is 16.2. The Kier molecular flexibility index (Phi) is 5.59. The average molecular weight is 379 g/mol. The lowest BCUT2D eigenvalue weighted by atomic mass is 9.84. The number of nitrogens with zero attached hydrogens (tertiary/aromatic N) is 3. The molecule has 7 heteroatoms. The van der Waals surface area contributed by atoms with Crippen molar-refractivity contribution in [2.45, 2.75) is 32.1 Å². The van der Waals surface area contributed by atoms with Gasteiger partial charge in [-0.15, -0.1) is 10.2 Å². The summed E-state index contributed by atoms with van der Waals surface area (Å²) >= 11 is 7.46. The van der Waals surface area contributed by atoms with Crippen LogP contribution in [0.5, 0.6) is 0 Å². The van der Waals surface area contributed by atoms with Gasteiger partial charge in [-0.05, 0) is 30.5 Å². The van der Waals surface area contributed by atoms with Crippen LogP contribution >= 0.6 is 22.9 Å². The van der Waals surface area contributed by atoms with Gasteiger partial charge in [0.25, 0.3) is 0 Å². The van der Waals surface area contributed by atoms with Crippen LogP contribution in [0.15, 0.2) is 24.3 Å². The smallest absolute Gasteiger partial charge is 0.230 e. The summed E-state index contributed by atoms with van der Waals surface area (Å²) in [5.74, 6) is 0.211. The van der Waals surface area contributed by atoms with Crippen molar-refractivity contribution in [3.05, 3.63) is 39.9 Å². The van der Waals surface area contributed by atoms with E-state index in [1.807, 2.05) is 38.4 Å². The van der Waals surface area contributed by atoms with Gasteiger partial charge < -0.3 is 10.2 Å². The molecule has 1 heterocycles. The van der Waals surface area contributed by atoms with E-state index in [9.17, 15) is 4.79 Å². The highest BCUT2D eigenvalue weighted by Gasteiger charge is 2.42. The highest BCUT2D eigenvalue weighted by molar-refractivity contribution is 7.15. The Morgan fingerprint density at radius 3 is 2.56 bits per heavy atom. The molecule has 1 aliphatic rings. The summed E-state index contributed by atoms with van der Waals surface area (Å²) in [7, 11) is 3.66. The van der Waals surface area contributed by atoms with E-state index in [-0.39, 0.29) is 11.3 Å². The molecule has 1 saturated carbocycles. The number of carbonyl (C=O) groups excluding carboxylic acids is 1. The largest absolute Gasteiger partial charge is 0.359 e. The molecule has 1 aromatic carbocycles. The third-order valence-corrected chi connectivity index (χ3v) is 5.87. The van der Waals surface area contributed by atoms with Crippen LogP contribution in [0.1, 0.15) is 36.3 Å². The first-order chi connectivity index (χ1) is 12.0. The van der Waals surface area contributed by atoms with Gasteiger partial charge in [0.15, 0.2) is 0 Å². The fourth-order valence-electron chi connectivity index (χ4n) is 3.41. The number of amides is 1. The van der Waals surface area contributed by atoms with Gasteiger partial charge in [-0.1, -0.05) is 47.9 Å². The van der Waals surface area contributed by atoms with E-state index in [2.05, 4.69) is 15.5 Å². The minimum atomic E-state index is -0.300. The molecular formula is C18H23ClN4OS. The first kappa shape index (κ1) is 18.1. The van der Waals surface area contributed by atoms with Crippen molar-refractivity contribution in [2.75, 3.05) is 26.0 Å². The maximum absolute atomic E-state index is 12.6. The van der Waals surface area contributed by atoms with E-state index >= 15 is 0 Å². The number of nitrogens with one attached hydrogen (secondary N) is 1. The summed E-state index contributed by atoms with van der Waals surface area (Å²) in [6, 6.07) is 7.77. The molecule has 1 aliphatic carbocycles. The molecule has 1 N–H and O–H groups in total. The van der Waals surface area contributed by atoms with E-state index in [1.54, 1.807) is 16.2 Å². The van der Waals surface area contributed by atoms with Gasteiger partial charge in [0.1, 0.15) is 5.01 Å². The summed E-state index contributed by atoms with van der Waals surface area (Å²) in [4.78, 5) is 14.3. The van der Waals surface area contributed by atoms with Crippen molar-refractivity contribution in [3.8, 4) is 0 Å². The normalized spacial score (nSPS) is 16.0. The van der Waals surface area contributed by atoms with Gasteiger partial charge in [-0.2, -0.15) is 0 Å². The second-order valence-corrected chi connectivity index (χ2v) is 8.34. The van der Waals surface area contributed by atoms with Crippen molar-refractivity contribution in [2.24, 2.45) is 5.41 Å². The van der Waals surface area contributed by atoms with E-state index < -0.39 is 0 Å². The molecular weight excluding hydrogens is 356 g/mol. The number of carbonyl (C=O) groups is 1. The van der Waals surface area contributed by atoms with E-state index in [0.717, 1.165) is 52.8 Å². The number of hydrogen-bond donors (Lipinski definition) is 1. The Hall–Kier alpha value is -1.66. The molecule has 1 fully saturated rings. The molecule has 25 heavy (non-hydrogen) atoms. The van der Waals surface area contributed by atoms with Gasteiger partial charge in [0.2, 0.25) is 11.0 Å². The molecule has 134 valence electrons. The van der Waals surface area contributed by atoms with E-state index in [1.165, 1.54) is 0 Å². The van der Waals surface area contributed by atoms with Crippen molar-refractivity contribution >= 4 is 34.0 Å². The molecule has 1 aromatic heterocycles. The Morgan fingerprint density at radius 2 is 1.92 bits per heavy atom. The molecule has 3 rings (SSSR count). The number of aromatic nitrogens is 2. The summed E-state index contributed by atoms with van der Waals surface area (Å²) in [6.45, 7) is 0.625. The van der Waals surface area contributed by atoms with Gasteiger partial charge in [-0.3, -0.25) is 4.79 Å². The molecule has 2 aromatic rings. The van der Waals surface area contributed by atoms with Crippen LogP contribution < -0.4 is 5.32 Å². The molecule has 5 nitrogen and oxygen atoms in total. The SMILES string of the molecule is CN(C)C(=O)C1(CNc2nnc(Cc3ccc(Cl)cc3)s2)CCCC1. The Bertz CT molecular complexity index is 723. The average Bonchev–Trinajstić information content (AvgIpc) is 3.24. The maximum atomic E-state index is 12.6. The third-order valence-electron chi connectivity index (χ3n) is 4.73. The number of benzene rings is 1. The summed E-state index contributed by atoms with van der Waals surface area (Å²) in [5, 5.41) is 14.3. The van der Waals surface area contributed by atoms with Crippen LogP contribution in [0.25, 0.3) is 0 Å². The molecule has 1 amide bonds. The quantitative estimate of drug-likeness (QED) is 0.829. The predicted octanol–water partition coefficient (Wildman–Crippen LogP) is 3.84. The lowest BCUT2D eigenvalue weighted by molar-refractivity contribution is -0.138. The Balaban J connectivity index is 1.62. The van der Waals surface area contributed by atoms with Crippen LogP contribution in [-0.2, 0) is 11.2 Å². The zero-order chi connectivity index (χ0) is 17.9.